The lowest BCUT2D eigenvalue weighted by Crippen LogP contribution is -2.34. The fourth-order valence-corrected chi connectivity index (χ4v) is 6.95. The zero-order chi connectivity index (χ0) is 38.2. The summed E-state index contributed by atoms with van der Waals surface area (Å²) >= 11 is 0. The summed E-state index contributed by atoms with van der Waals surface area (Å²) in [6.45, 7) is 5.08. The summed E-state index contributed by atoms with van der Waals surface area (Å²) in [5.74, 6) is -1.91. The smallest absolute Gasteiger partial charge is 0.444 e. The Bertz CT molecular complexity index is 2720. The van der Waals surface area contributed by atoms with Gasteiger partial charge in [0.1, 0.15) is 15.5 Å². The van der Waals surface area contributed by atoms with Gasteiger partial charge in [0.2, 0.25) is 0 Å². The first-order valence-electron chi connectivity index (χ1n) is 14.2. The fourth-order valence-electron chi connectivity index (χ4n) is 4.94. The normalized spacial score (nSPS) is 12.5. The van der Waals surface area contributed by atoms with Gasteiger partial charge >= 0.3 is 23.8 Å². The van der Waals surface area contributed by atoms with Crippen molar-refractivity contribution in [2.75, 3.05) is 11.1 Å². The number of fused-ring (bicyclic) bond motifs is 1. The fraction of sp³-hybridized carbons (Fsp3) is 0.0333. The Morgan fingerprint density at radius 3 is 2.21 bits per heavy atom. The van der Waals surface area contributed by atoms with Gasteiger partial charge in [-0.3, -0.25) is 13.7 Å². The first-order valence-corrected chi connectivity index (χ1v) is 18.5. The average Bonchev–Trinajstić information content (AvgIpc) is 3.05. The highest BCUT2D eigenvalue weighted by Gasteiger charge is 2.26. The van der Waals surface area contributed by atoms with Gasteiger partial charge in [0.05, 0.1) is 34.2 Å². The highest BCUT2D eigenvalue weighted by molar-refractivity contribution is 7.95. The molecule has 19 nitrogen and oxygen atoms in total. The summed E-state index contributed by atoms with van der Waals surface area (Å²) < 4.78 is 105. The minimum absolute atomic E-state index is 0.0347. The van der Waals surface area contributed by atoms with E-state index in [-0.39, 0.29) is 56.7 Å². The standard InChI is InChI=1S/C30H24N8O11S3/c1-3-6-20-21(36-37-23-11-10-18-19(26(23)52(47,48)49)8-4-9-24(18)51(44,45)46)12-13-22(25(20)16(2)50(41,42)43)32-29-33-28(31)34-30(35-29)38-14-5-7-17(15-38)27(39)40/h3-15H,2H2,1H3,(H6-,31,32,33,34,35,37,39,40,41,42,43,44,45,46,47,48,49)/p+1/b6-3-. The van der Waals surface area contributed by atoms with Gasteiger partial charge in [-0.15, -0.1) is 15.2 Å². The molecule has 52 heavy (non-hydrogen) atoms. The number of allylic oxidation sites excluding steroid dienone is 1. The number of nitrogens with two attached hydrogens (primary N) is 1. The predicted octanol–water partition coefficient (Wildman–Crippen LogP) is 4.13. The minimum atomic E-state index is -5.10. The molecule has 0 spiro atoms. The third-order valence-electron chi connectivity index (χ3n) is 7.06. The SMILES string of the molecule is C=C(c1c(Nc2nc(N)nc(-[n+]3cccc(C(=O)O)c3)n2)ccc(N=Nc2ccc3c(S(=O)(=O)O)cccc3c2S(=O)(=O)O)c1/C=C\C)S(=O)(=O)O. The van der Waals surface area contributed by atoms with Crippen molar-refractivity contribution >= 4 is 87.0 Å². The van der Waals surface area contributed by atoms with Crippen LogP contribution in [0.1, 0.15) is 28.4 Å². The number of benzene rings is 3. The number of pyridine rings is 1. The zero-order valence-electron chi connectivity index (χ0n) is 26.3. The van der Waals surface area contributed by atoms with Crippen molar-refractivity contribution in [2.24, 2.45) is 10.2 Å². The molecule has 0 bridgehead atoms. The maximum absolute atomic E-state index is 12.5. The molecule has 7 N–H and O–H groups in total. The molecular weight excluding hydrogens is 745 g/mol. The number of nitrogen functional groups attached to an aromatic ring is 1. The van der Waals surface area contributed by atoms with Crippen LogP contribution >= 0.6 is 0 Å². The molecule has 0 saturated carbocycles. The molecule has 0 unspecified atom stereocenters. The second-order valence-corrected chi connectivity index (χ2v) is 14.7. The van der Waals surface area contributed by atoms with Gasteiger partial charge < -0.3 is 16.2 Å². The van der Waals surface area contributed by atoms with Crippen molar-refractivity contribution in [2.45, 2.75) is 16.7 Å². The highest BCUT2D eigenvalue weighted by atomic mass is 32.2. The van der Waals surface area contributed by atoms with E-state index in [0.717, 1.165) is 24.3 Å². The molecule has 5 rings (SSSR count). The summed E-state index contributed by atoms with van der Waals surface area (Å²) in [4.78, 5) is 21.4. The van der Waals surface area contributed by atoms with Crippen molar-refractivity contribution in [1.82, 2.24) is 15.0 Å². The number of rotatable bonds is 11. The quantitative estimate of drug-likeness (QED) is 0.0625. The van der Waals surface area contributed by atoms with Gasteiger partial charge in [-0.2, -0.15) is 25.3 Å². The third kappa shape index (κ3) is 7.80. The summed E-state index contributed by atoms with van der Waals surface area (Å²) in [5.41, 5.74) is 4.83. The molecule has 0 amide bonds. The molecule has 5 aromatic rings. The van der Waals surface area contributed by atoms with Gasteiger partial charge in [-0.05, 0) is 53.3 Å². The number of hydrogen-bond donors (Lipinski definition) is 6. The van der Waals surface area contributed by atoms with Crippen molar-refractivity contribution < 1.29 is 53.4 Å². The lowest BCUT2D eigenvalue weighted by molar-refractivity contribution is -0.603. The van der Waals surface area contributed by atoms with Crippen LogP contribution in [0.15, 0.2) is 99.7 Å². The Labute approximate surface area is 294 Å². The van der Waals surface area contributed by atoms with E-state index in [2.05, 4.69) is 37.1 Å². The van der Waals surface area contributed by atoms with Gasteiger partial charge in [0, 0.05) is 21.9 Å². The molecule has 0 fully saturated rings. The maximum atomic E-state index is 12.5. The van der Waals surface area contributed by atoms with Gasteiger partial charge in [-0.1, -0.05) is 36.9 Å². The van der Waals surface area contributed by atoms with Crippen LogP contribution < -0.4 is 15.6 Å². The molecule has 0 aliphatic carbocycles. The largest absolute Gasteiger partial charge is 0.478 e. The summed E-state index contributed by atoms with van der Waals surface area (Å²) in [6.07, 6.45) is 5.50. The molecule has 268 valence electrons. The Morgan fingerprint density at radius 2 is 1.58 bits per heavy atom. The lowest BCUT2D eigenvalue weighted by atomic mass is 10.0. The zero-order valence-corrected chi connectivity index (χ0v) is 28.8. The molecule has 22 heteroatoms. The average molecular weight is 770 g/mol. The third-order valence-corrected chi connectivity index (χ3v) is 9.75. The van der Waals surface area contributed by atoms with Crippen molar-refractivity contribution in [1.29, 1.82) is 0 Å². The number of carboxylic acids is 1. The van der Waals surface area contributed by atoms with E-state index in [1.807, 2.05) is 0 Å². The Balaban J connectivity index is 1.68. The number of hydrogen-bond acceptors (Lipinski definition) is 14. The number of carbonyl (C=O) groups is 1. The maximum Gasteiger partial charge on any atom is 0.444 e. The topological polar surface area (TPSA) is 306 Å². The molecule has 0 radical (unpaired) electrons. The van der Waals surface area contributed by atoms with E-state index in [1.165, 1.54) is 59.4 Å². The molecule has 2 heterocycles. The van der Waals surface area contributed by atoms with Crippen molar-refractivity contribution in [3.63, 3.8) is 0 Å². The summed E-state index contributed by atoms with van der Waals surface area (Å²) in [5, 5.41) is 19.6. The number of nitrogens with zero attached hydrogens (tertiary/aromatic N) is 6. The van der Waals surface area contributed by atoms with E-state index in [0.29, 0.717) is 0 Å². The van der Waals surface area contributed by atoms with Crippen LogP contribution in [0.3, 0.4) is 0 Å². The number of aromatic carboxylic acids is 1. The molecule has 0 atom stereocenters. The Morgan fingerprint density at radius 1 is 0.885 bits per heavy atom. The number of aromatic nitrogens is 4. The number of anilines is 3. The van der Waals surface area contributed by atoms with E-state index in [4.69, 9.17) is 5.73 Å². The van der Waals surface area contributed by atoms with Crippen LogP contribution in [0.4, 0.5) is 29.0 Å². The van der Waals surface area contributed by atoms with Crippen LogP contribution in [0, 0.1) is 0 Å². The monoisotopic (exact) mass is 769 g/mol. The number of carboxylic acid groups (broad SMARTS) is 1. The second kappa shape index (κ2) is 13.9. The van der Waals surface area contributed by atoms with Gasteiger partial charge in [0.25, 0.3) is 30.4 Å². The van der Waals surface area contributed by atoms with Crippen LogP contribution in [0.25, 0.3) is 27.7 Å². The van der Waals surface area contributed by atoms with Crippen LogP contribution in [-0.4, -0.2) is 64.9 Å². The van der Waals surface area contributed by atoms with Crippen molar-refractivity contribution in [3.05, 3.63) is 96.3 Å². The van der Waals surface area contributed by atoms with E-state index in [1.54, 1.807) is 6.92 Å². The van der Waals surface area contributed by atoms with Gasteiger partial charge in [-0.25, -0.2) is 9.36 Å². The Hall–Kier alpha value is -6.04. The number of nitrogens with one attached hydrogen (secondary N) is 1. The molecule has 0 aliphatic rings. The van der Waals surface area contributed by atoms with Gasteiger partial charge in [0.15, 0.2) is 0 Å². The van der Waals surface area contributed by atoms with Crippen LogP contribution in [0.2, 0.25) is 0 Å². The van der Waals surface area contributed by atoms with Crippen LogP contribution in [0.5, 0.6) is 0 Å². The Kier molecular flexibility index (Phi) is 9.97. The van der Waals surface area contributed by atoms with Crippen molar-refractivity contribution in [3.8, 4) is 5.95 Å². The second-order valence-electron chi connectivity index (χ2n) is 10.5. The first-order chi connectivity index (χ1) is 24.3. The van der Waals surface area contributed by atoms with Crippen LogP contribution in [-0.2, 0) is 30.4 Å². The van der Waals surface area contributed by atoms with E-state index >= 15 is 0 Å². The van der Waals surface area contributed by atoms with E-state index in [9.17, 15) is 48.8 Å². The summed E-state index contributed by atoms with van der Waals surface area (Å²) in [6, 6.07) is 10.8. The number of azo groups is 1. The van der Waals surface area contributed by atoms with E-state index < -0.39 is 56.7 Å². The molecular formula is C30H25N8O11S3+. The lowest BCUT2D eigenvalue weighted by Gasteiger charge is -2.16. The molecule has 0 aliphatic heterocycles. The molecule has 2 aromatic heterocycles. The summed E-state index contributed by atoms with van der Waals surface area (Å²) in [7, 11) is -14.9. The first kappa shape index (κ1) is 37.2. The molecule has 3 aromatic carbocycles. The highest BCUT2D eigenvalue weighted by Crippen LogP contribution is 2.40. The predicted molar refractivity (Wildman–Crippen MR) is 185 cm³/mol. The molecule has 0 saturated heterocycles. The minimum Gasteiger partial charge on any atom is -0.478 e.